The minimum Gasteiger partial charge on any atom is -0.261 e. The monoisotopic (exact) mass is 97.1 g/mol. The molecule has 0 N–H and O–H groups in total. The fourth-order valence-corrected chi connectivity index (χ4v) is 0.224. The van der Waals surface area contributed by atoms with E-state index in [0.29, 0.717) is 0 Å². The van der Waals surface area contributed by atoms with Gasteiger partial charge in [-0.15, -0.1) is 0 Å². The summed E-state index contributed by atoms with van der Waals surface area (Å²) >= 11 is 0. The Kier molecular flexibility index (Phi) is 3.29. The van der Waals surface area contributed by atoms with E-state index in [0.717, 1.165) is 5.71 Å². The molecular formula is C6H11N. The Hall–Kier alpha value is -0.590. The molecule has 0 aromatic rings. The summed E-state index contributed by atoms with van der Waals surface area (Å²) in [5.41, 5.74) is 1.13. The number of hydrogen-bond donors (Lipinski definition) is 0. The van der Waals surface area contributed by atoms with Gasteiger partial charge >= 0.3 is 0 Å². The highest BCUT2D eigenvalue weighted by molar-refractivity contribution is 5.97. The molecule has 1 heterocycles. The SMILES string of the molecule is CC.CC1=NC=C1. The normalized spacial score (nSPS) is 13.3. The van der Waals surface area contributed by atoms with Crippen molar-refractivity contribution in [2.45, 2.75) is 20.8 Å². The van der Waals surface area contributed by atoms with Gasteiger partial charge in [-0.05, 0) is 13.0 Å². The van der Waals surface area contributed by atoms with Crippen LogP contribution in [0.2, 0.25) is 0 Å². The predicted molar refractivity (Wildman–Crippen MR) is 33.6 cm³/mol. The van der Waals surface area contributed by atoms with Gasteiger partial charge in [-0.3, -0.25) is 4.99 Å². The molecule has 0 amide bonds. The highest BCUT2D eigenvalue weighted by Crippen LogP contribution is 1.91. The molecule has 40 valence electrons. The summed E-state index contributed by atoms with van der Waals surface area (Å²) in [5.74, 6) is 0. The number of allylic oxidation sites excluding steroid dienone is 1. The van der Waals surface area contributed by atoms with Crippen molar-refractivity contribution in [3.8, 4) is 0 Å². The third kappa shape index (κ3) is 2.15. The first-order valence-electron chi connectivity index (χ1n) is 2.60. The van der Waals surface area contributed by atoms with Gasteiger partial charge in [0, 0.05) is 11.9 Å². The van der Waals surface area contributed by atoms with E-state index in [2.05, 4.69) is 4.99 Å². The predicted octanol–water partition coefficient (Wildman–Crippen LogP) is 2.00. The Morgan fingerprint density at radius 1 is 1.43 bits per heavy atom. The zero-order valence-corrected chi connectivity index (χ0v) is 5.10. The molecule has 0 aliphatic carbocycles. The van der Waals surface area contributed by atoms with E-state index in [-0.39, 0.29) is 0 Å². The highest BCUT2D eigenvalue weighted by Gasteiger charge is 1.84. The average Bonchev–Trinajstić information content (AvgIpc) is 1.68. The standard InChI is InChI=1S/C4H5N.C2H6/c1-4-2-3-5-4;1-2/h2-3H,1H3;1-2H3. The van der Waals surface area contributed by atoms with E-state index in [1.54, 1.807) is 6.20 Å². The van der Waals surface area contributed by atoms with Crippen LogP contribution in [0.4, 0.5) is 0 Å². The van der Waals surface area contributed by atoms with E-state index in [9.17, 15) is 0 Å². The quantitative estimate of drug-likeness (QED) is 0.438. The molecule has 0 unspecified atom stereocenters. The van der Waals surface area contributed by atoms with Gasteiger partial charge < -0.3 is 0 Å². The van der Waals surface area contributed by atoms with Crippen molar-refractivity contribution in [1.82, 2.24) is 0 Å². The van der Waals surface area contributed by atoms with E-state index in [1.807, 2.05) is 26.8 Å². The average molecular weight is 97.2 g/mol. The molecule has 1 aliphatic rings. The second-order valence-corrected chi connectivity index (χ2v) is 1.09. The zero-order chi connectivity index (χ0) is 5.70. The summed E-state index contributed by atoms with van der Waals surface area (Å²) in [6.07, 6.45) is 3.76. The van der Waals surface area contributed by atoms with E-state index < -0.39 is 0 Å². The first-order valence-corrected chi connectivity index (χ1v) is 2.60. The molecule has 1 rings (SSSR count). The van der Waals surface area contributed by atoms with Crippen molar-refractivity contribution >= 4 is 5.71 Å². The summed E-state index contributed by atoms with van der Waals surface area (Å²) in [4.78, 5) is 3.81. The van der Waals surface area contributed by atoms with Crippen LogP contribution in [-0.4, -0.2) is 5.71 Å². The Morgan fingerprint density at radius 3 is 1.71 bits per heavy atom. The Labute approximate surface area is 44.8 Å². The van der Waals surface area contributed by atoms with Crippen LogP contribution in [0.25, 0.3) is 0 Å². The van der Waals surface area contributed by atoms with Crippen LogP contribution in [0, 0.1) is 0 Å². The first-order chi connectivity index (χ1) is 3.39. The molecule has 0 spiro atoms. The molecule has 1 aliphatic heterocycles. The topological polar surface area (TPSA) is 12.4 Å². The van der Waals surface area contributed by atoms with Crippen molar-refractivity contribution in [3.05, 3.63) is 12.3 Å². The van der Waals surface area contributed by atoms with Crippen LogP contribution in [-0.2, 0) is 0 Å². The van der Waals surface area contributed by atoms with Crippen LogP contribution < -0.4 is 0 Å². The van der Waals surface area contributed by atoms with Crippen molar-refractivity contribution < 1.29 is 0 Å². The van der Waals surface area contributed by atoms with Gasteiger partial charge in [0.15, 0.2) is 0 Å². The Bertz CT molecular complexity index is 90.4. The van der Waals surface area contributed by atoms with Gasteiger partial charge in [-0.1, -0.05) is 13.8 Å². The summed E-state index contributed by atoms with van der Waals surface area (Å²) in [5, 5.41) is 0. The third-order valence-corrected chi connectivity index (χ3v) is 0.594. The molecule has 0 aromatic heterocycles. The molecule has 0 saturated carbocycles. The number of aliphatic imine (C=N–C) groups is 1. The fraction of sp³-hybridized carbons (Fsp3) is 0.500. The van der Waals surface area contributed by atoms with Crippen LogP contribution in [0.1, 0.15) is 20.8 Å². The molecule has 7 heavy (non-hydrogen) atoms. The number of rotatable bonds is 0. The van der Waals surface area contributed by atoms with Gasteiger partial charge in [-0.2, -0.15) is 0 Å². The van der Waals surface area contributed by atoms with E-state index in [4.69, 9.17) is 0 Å². The maximum Gasteiger partial charge on any atom is 0.0387 e. The molecule has 0 atom stereocenters. The molecule has 0 saturated heterocycles. The Morgan fingerprint density at radius 2 is 1.71 bits per heavy atom. The molecule has 1 nitrogen and oxygen atoms in total. The maximum absolute atomic E-state index is 3.81. The zero-order valence-electron chi connectivity index (χ0n) is 5.10. The van der Waals surface area contributed by atoms with Crippen molar-refractivity contribution in [2.75, 3.05) is 0 Å². The summed E-state index contributed by atoms with van der Waals surface area (Å²) < 4.78 is 0. The minimum atomic E-state index is 1.13. The molecule has 0 aromatic carbocycles. The van der Waals surface area contributed by atoms with Gasteiger partial charge in [0.1, 0.15) is 0 Å². The molecular weight excluding hydrogens is 86.1 g/mol. The maximum atomic E-state index is 3.81. The molecule has 1 heteroatoms. The number of hydrogen-bond acceptors (Lipinski definition) is 1. The second kappa shape index (κ2) is 3.59. The molecule has 0 radical (unpaired) electrons. The molecule has 0 fully saturated rings. The van der Waals surface area contributed by atoms with Crippen molar-refractivity contribution in [1.29, 1.82) is 0 Å². The largest absolute Gasteiger partial charge is 0.261 e. The lowest BCUT2D eigenvalue weighted by Gasteiger charge is -1.91. The minimum absolute atomic E-state index is 1.13. The summed E-state index contributed by atoms with van der Waals surface area (Å²) in [7, 11) is 0. The van der Waals surface area contributed by atoms with Crippen LogP contribution in [0.5, 0.6) is 0 Å². The van der Waals surface area contributed by atoms with Gasteiger partial charge in [0.2, 0.25) is 0 Å². The summed E-state index contributed by atoms with van der Waals surface area (Å²) in [6.45, 7) is 5.97. The fourth-order valence-electron chi connectivity index (χ4n) is 0.224. The lowest BCUT2D eigenvalue weighted by Crippen LogP contribution is -1.88. The van der Waals surface area contributed by atoms with Crippen LogP contribution >= 0.6 is 0 Å². The third-order valence-electron chi connectivity index (χ3n) is 0.594. The lowest BCUT2D eigenvalue weighted by atomic mass is 10.3. The lowest BCUT2D eigenvalue weighted by molar-refractivity contribution is 1.47. The van der Waals surface area contributed by atoms with Crippen LogP contribution in [0.3, 0.4) is 0 Å². The highest BCUT2D eigenvalue weighted by atomic mass is 14.7. The van der Waals surface area contributed by atoms with Crippen molar-refractivity contribution in [3.63, 3.8) is 0 Å². The van der Waals surface area contributed by atoms with Gasteiger partial charge in [-0.25, -0.2) is 0 Å². The second-order valence-electron chi connectivity index (χ2n) is 1.09. The van der Waals surface area contributed by atoms with E-state index >= 15 is 0 Å². The molecule has 0 bridgehead atoms. The van der Waals surface area contributed by atoms with Gasteiger partial charge in [0.25, 0.3) is 0 Å². The van der Waals surface area contributed by atoms with Gasteiger partial charge in [0.05, 0.1) is 0 Å². The van der Waals surface area contributed by atoms with Crippen LogP contribution in [0.15, 0.2) is 17.3 Å². The Balaban J connectivity index is 0.000000162. The van der Waals surface area contributed by atoms with E-state index in [1.165, 1.54) is 0 Å². The van der Waals surface area contributed by atoms with Crippen molar-refractivity contribution in [2.24, 2.45) is 4.99 Å². The first kappa shape index (κ1) is 6.41. The number of nitrogens with zero attached hydrogens (tertiary/aromatic N) is 1. The summed E-state index contributed by atoms with van der Waals surface area (Å²) in [6, 6.07) is 0. The smallest absolute Gasteiger partial charge is 0.0387 e.